The summed E-state index contributed by atoms with van der Waals surface area (Å²) >= 11 is 1.55. The van der Waals surface area contributed by atoms with Crippen LogP contribution in [0.5, 0.6) is 0 Å². The lowest BCUT2D eigenvalue weighted by molar-refractivity contribution is -0.113. The van der Waals surface area contributed by atoms with Crippen LogP contribution < -0.4 is 10.6 Å². The third-order valence-corrected chi connectivity index (χ3v) is 5.74. The zero-order valence-corrected chi connectivity index (χ0v) is 17.6. The Hall–Kier alpha value is -3.00. The van der Waals surface area contributed by atoms with Crippen LogP contribution in [0, 0.1) is 13.8 Å². The summed E-state index contributed by atoms with van der Waals surface area (Å²) in [5.74, 6) is 1.90. The number of allylic oxidation sites excluding steroid dienone is 1. The lowest BCUT2D eigenvalue weighted by atomic mass is 9.99. The molecule has 0 radical (unpaired) electrons. The zero-order valence-electron chi connectivity index (χ0n) is 16.8. The van der Waals surface area contributed by atoms with Gasteiger partial charge < -0.3 is 15.1 Å². The van der Waals surface area contributed by atoms with Gasteiger partial charge in [0.05, 0.1) is 11.8 Å². The minimum absolute atomic E-state index is 0.198. The Morgan fingerprint density at radius 3 is 2.83 bits per heavy atom. The largest absolute Gasteiger partial charge is 0.467 e. The third-order valence-electron chi connectivity index (χ3n) is 5.02. The van der Waals surface area contributed by atoms with E-state index in [2.05, 4.69) is 27.6 Å². The van der Waals surface area contributed by atoms with Gasteiger partial charge in [-0.05, 0) is 55.9 Å². The van der Waals surface area contributed by atoms with Crippen molar-refractivity contribution in [3.05, 3.63) is 64.8 Å². The highest BCUT2D eigenvalue weighted by Gasteiger charge is 2.36. The van der Waals surface area contributed by atoms with Crippen LogP contribution in [0.1, 0.15) is 36.8 Å². The first kappa shape index (κ1) is 19.3. The second-order valence-corrected chi connectivity index (χ2v) is 8.11. The number of thioether (sulfide) groups is 1. The maximum atomic E-state index is 13.4. The first-order chi connectivity index (χ1) is 14.0. The van der Waals surface area contributed by atoms with Crippen LogP contribution in [-0.4, -0.2) is 26.4 Å². The van der Waals surface area contributed by atoms with Gasteiger partial charge in [0.2, 0.25) is 11.1 Å². The number of amides is 1. The molecule has 8 heteroatoms. The van der Waals surface area contributed by atoms with Gasteiger partial charge in [-0.25, -0.2) is 4.68 Å². The summed E-state index contributed by atoms with van der Waals surface area (Å²) in [4.78, 5) is 17.9. The number of carbonyl (C=O) groups excluding carboxylic acids is 1. The molecule has 29 heavy (non-hydrogen) atoms. The van der Waals surface area contributed by atoms with E-state index in [1.807, 2.05) is 51.1 Å². The van der Waals surface area contributed by atoms with Crippen molar-refractivity contribution < 1.29 is 9.21 Å². The minimum Gasteiger partial charge on any atom is -0.467 e. The van der Waals surface area contributed by atoms with Crippen molar-refractivity contribution in [3.8, 4) is 0 Å². The first-order valence-electron chi connectivity index (χ1n) is 9.47. The number of aromatic nitrogens is 3. The quantitative estimate of drug-likeness (QED) is 0.603. The van der Waals surface area contributed by atoms with Crippen LogP contribution in [0.25, 0.3) is 0 Å². The lowest BCUT2D eigenvalue weighted by Gasteiger charge is -2.27. The van der Waals surface area contributed by atoms with Gasteiger partial charge in [-0.2, -0.15) is 4.98 Å². The predicted octanol–water partition coefficient (Wildman–Crippen LogP) is 4.53. The molecule has 0 fully saturated rings. The number of carbonyl (C=O) groups is 1. The Kier molecular flexibility index (Phi) is 5.19. The van der Waals surface area contributed by atoms with Gasteiger partial charge in [0.15, 0.2) is 0 Å². The molecule has 0 spiro atoms. The van der Waals surface area contributed by atoms with Crippen LogP contribution in [0.3, 0.4) is 0 Å². The summed E-state index contributed by atoms with van der Waals surface area (Å²) in [7, 11) is 0. The average Bonchev–Trinajstić information content (AvgIpc) is 3.34. The standard InChI is InChI=1S/C21H23N5O2S/c1-5-29-21-24-20-22-14(4)17(18(26(20)25-21)16-10-7-11-28-16)19(27)23-15-9-6-8-12(2)13(15)3/h6-11,18H,5H2,1-4H3,(H,23,27)(H,22,24,25)/t18-/m1/s1. The molecule has 3 heterocycles. The van der Waals surface area contributed by atoms with E-state index in [1.165, 1.54) is 0 Å². The van der Waals surface area contributed by atoms with Crippen molar-refractivity contribution in [2.24, 2.45) is 0 Å². The summed E-state index contributed by atoms with van der Waals surface area (Å²) in [5.41, 5.74) is 4.23. The van der Waals surface area contributed by atoms with Gasteiger partial charge in [-0.15, -0.1) is 5.10 Å². The van der Waals surface area contributed by atoms with E-state index in [4.69, 9.17) is 4.42 Å². The maximum Gasteiger partial charge on any atom is 0.256 e. The van der Waals surface area contributed by atoms with Crippen molar-refractivity contribution in [2.45, 2.75) is 38.9 Å². The van der Waals surface area contributed by atoms with Crippen molar-refractivity contribution >= 4 is 29.3 Å². The molecule has 2 N–H and O–H groups in total. The number of furan rings is 1. The SMILES string of the molecule is CCSc1nc2n(n1)[C@H](c1ccco1)C(C(=O)Nc1cccc(C)c1C)=C(C)N2. The second-order valence-electron chi connectivity index (χ2n) is 6.88. The van der Waals surface area contributed by atoms with Crippen LogP contribution in [0.4, 0.5) is 11.6 Å². The normalized spacial score (nSPS) is 15.8. The maximum absolute atomic E-state index is 13.4. The highest BCUT2D eigenvalue weighted by atomic mass is 32.2. The molecule has 1 aliphatic heterocycles. The molecule has 1 atom stereocenters. The van der Waals surface area contributed by atoms with Crippen LogP contribution >= 0.6 is 11.8 Å². The number of hydrogen-bond acceptors (Lipinski definition) is 6. The van der Waals surface area contributed by atoms with E-state index in [9.17, 15) is 4.79 Å². The summed E-state index contributed by atoms with van der Waals surface area (Å²) in [6.45, 7) is 7.95. The Morgan fingerprint density at radius 2 is 2.10 bits per heavy atom. The molecule has 4 rings (SSSR count). The molecule has 0 bridgehead atoms. The van der Waals surface area contributed by atoms with E-state index in [0.29, 0.717) is 22.4 Å². The number of fused-ring (bicyclic) bond motifs is 1. The third kappa shape index (κ3) is 3.55. The van der Waals surface area contributed by atoms with Gasteiger partial charge in [-0.1, -0.05) is 30.8 Å². The summed E-state index contributed by atoms with van der Waals surface area (Å²) in [5, 5.41) is 11.6. The summed E-state index contributed by atoms with van der Waals surface area (Å²) in [6, 6.07) is 9.04. The molecule has 0 saturated heterocycles. The van der Waals surface area contributed by atoms with Crippen molar-refractivity contribution in [2.75, 3.05) is 16.4 Å². The van der Waals surface area contributed by atoms with Crippen LogP contribution in [0.2, 0.25) is 0 Å². The molecule has 1 amide bonds. The Morgan fingerprint density at radius 1 is 1.28 bits per heavy atom. The number of hydrogen-bond donors (Lipinski definition) is 2. The zero-order chi connectivity index (χ0) is 20.5. The number of nitrogens with zero attached hydrogens (tertiary/aromatic N) is 3. The van der Waals surface area contributed by atoms with Crippen molar-refractivity contribution in [1.82, 2.24) is 14.8 Å². The number of nitrogens with one attached hydrogen (secondary N) is 2. The first-order valence-corrected chi connectivity index (χ1v) is 10.5. The van der Waals surface area contributed by atoms with Crippen LogP contribution in [-0.2, 0) is 4.79 Å². The minimum atomic E-state index is -0.495. The number of rotatable bonds is 5. The fourth-order valence-corrected chi connectivity index (χ4v) is 3.96. The van der Waals surface area contributed by atoms with E-state index in [0.717, 1.165) is 28.3 Å². The topological polar surface area (TPSA) is 85.0 Å². The van der Waals surface area contributed by atoms with Crippen molar-refractivity contribution in [3.63, 3.8) is 0 Å². The van der Waals surface area contributed by atoms with Gasteiger partial charge in [0.1, 0.15) is 11.8 Å². The fourth-order valence-electron chi connectivity index (χ4n) is 3.40. The highest BCUT2D eigenvalue weighted by Crippen LogP contribution is 2.37. The lowest BCUT2D eigenvalue weighted by Crippen LogP contribution is -2.31. The van der Waals surface area contributed by atoms with Crippen molar-refractivity contribution in [1.29, 1.82) is 0 Å². The average molecular weight is 410 g/mol. The van der Waals surface area contributed by atoms with E-state index >= 15 is 0 Å². The van der Waals surface area contributed by atoms with Gasteiger partial charge in [0, 0.05) is 11.4 Å². The molecule has 1 aliphatic rings. The molecule has 0 unspecified atom stereocenters. The Bertz CT molecular complexity index is 1080. The molecular formula is C21H23N5O2S. The molecule has 2 aromatic heterocycles. The monoisotopic (exact) mass is 409 g/mol. The Labute approximate surface area is 173 Å². The molecule has 150 valence electrons. The highest BCUT2D eigenvalue weighted by molar-refractivity contribution is 7.99. The van der Waals surface area contributed by atoms with Gasteiger partial charge in [0.25, 0.3) is 5.91 Å². The molecule has 7 nitrogen and oxygen atoms in total. The number of aryl methyl sites for hydroxylation is 1. The van der Waals surface area contributed by atoms with E-state index in [1.54, 1.807) is 22.7 Å². The molecule has 0 saturated carbocycles. The molecule has 1 aromatic carbocycles. The number of anilines is 2. The fraction of sp³-hybridized carbons (Fsp3) is 0.286. The van der Waals surface area contributed by atoms with E-state index in [-0.39, 0.29) is 5.91 Å². The smallest absolute Gasteiger partial charge is 0.256 e. The molecule has 3 aromatic rings. The number of benzene rings is 1. The molecule has 0 aliphatic carbocycles. The van der Waals surface area contributed by atoms with E-state index < -0.39 is 6.04 Å². The van der Waals surface area contributed by atoms with Crippen LogP contribution in [0.15, 0.2) is 57.4 Å². The van der Waals surface area contributed by atoms with Gasteiger partial charge in [-0.3, -0.25) is 4.79 Å². The molecular weight excluding hydrogens is 386 g/mol. The van der Waals surface area contributed by atoms with Gasteiger partial charge >= 0.3 is 0 Å². The Balaban J connectivity index is 1.75. The summed E-state index contributed by atoms with van der Waals surface area (Å²) in [6.07, 6.45) is 1.60. The second kappa shape index (κ2) is 7.79. The predicted molar refractivity (Wildman–Crippen MR) is 114 cm³/mol. The summed E-state index contributed by atoms with van der Waals surface area (Å²) < 4.78 is 7.41.